The van der Waals surface area contributed by atoms with Crippen molar-refractivity contribution < 1.29 is 31.6 Å². The van der Waals surface area contributed by atoms with Crippen LogP contribution in [0.1, 0.15) is 24.2 Å². The summed E-state index contributed by atoms with van der Waals surface area (Å²) >= 11 is 0. The summed E-state index contributed by atoms with van der Waals surface area (Å²) in [6, 6.07) is 4.50. The molecule has 2 aromatic rings. The van der Waals surface area contributed by atoms with Gasteiger partial charge in [-0.15, -0.1) is 0 Å². The number of halogens is 5. The van der Waals surface area contributed by atoms with Crippen molar-refractivity contribution in [3.63, 3.8) is 0 Å². The maximum atomic E-state index is 14.0. The average molecular weight is 456 g/mol. The number of carbonyl (C=O) groups is 1. The number of benzene rings is 1. The Kier molecular flexibility index (Phi) is 5.83. The molecule has 0 N–H and O–H groups in total. The SMILES string of the molecule is Cc1cc(C(F)(F)F)nn1CC(=O)N1CCC(C2=CCN(c3c(F)cccc3F)O2)CC1. The second kappa shape index (κ2) is 8.44. The topological polar surface area (TPSA) is 50.6 Å². The van der Waals surface area contributed by atoms with Crippen molar-refractivity contribution in [2.45, 2.75) is 32.5 Å². The highest BCUT2D eigenvalue weighted by molar-refractivity contribution is 5.76. The van der Waals surface area contributed by atoms with Gasteiger partial charge in [-0.2, -0.15) is 18.3 Å². The number of para-hydroxylation sites is 1. The predicted molar refractivity (Wildman–Crippen MR) is 104 cm³/mol. The second-order valence-electron chi connectivity index (χ2n) is 7.81. The minimum absolute atomic E-state index is 0.0258. The van der Waals surface area contributed by atoms with E-state index in [9.17, 15) is 26.7 Å². The Labute approximate surface area is 180 Å². The van der Waals surface area contributed by atoms with Crippen LogP contribution in [0.15, 0.2) is 36.1 Å². The zero-order valence-electron chi connectivity index (χ0n) is 17.2. The Morgan fingerprint density at radius 3 is 2.44 bits per heavy atom. The Morgan fingerprint density at radius 1 is 1.19 bits per heavy atom. The first kappa shape index (κ1) is 22.1. The molecule has 11 heteroatoms. The molecule has 2 aliphatic heterocycles. The molecule has 0 saturated carbocycles. The quantitative estimate of drug-likeness (QED) is 0.652. The molecule has 172 valence electrons. The number of hydrogen-bond acceptors (Lipinski definition) is 4. The number of anilines is 1. The predicted octanol–water partition coefficient (Wildman–Crippen LogP) is 4.06. The third-order valence-electron chi connectivity index (χ3n) is 5.67. The Hall–Kier alpha value is -3.11. The number of rotatable bonds is 4. The van der Waals surface area contributed by atoms with Crippen molar-refractivity contribution in [3.8, 4) is 0 Å². The van der Waals surface area contributed by atoms with Gasteiger partial charge < -0.3 is 9.74 Å². The first-order chi connectivity index (χ1) is 15.1. The van der Waals surface area contributed by atoms with Crippen LogP contribution in [-0.2, 0) is 22.4 Å². The van der Waals surface area contributed by atoms with E-state index in [4.69, 9.17) is 4.84 Å². The number of allylic oxidation sites excluding steroid dienone is 1. The van der Waals surface area contributed by atoms with Crippen molar-refractivity contribution >= 4 is 11.6 Å². The summed E-state index contributed by atoms with van der Waals surface area (Å²) in [5, 5.41) is 4.66. The number of aryl methyl sites for hydroxylation is 1. The molecule has 3 heterocycles. The summed E-state index contributed by atoms with van der Waals surface area (Å²) in [6.45, 7) is 2.18. The normalized spacial score (nSPS) is 17.5. The van der Waals surface area contributed by atoms with E-state index in [2.05, 4.69) is 5.10 Å². The van der Waals surface area contributed by atoms with Crippen molar-refractivity contribution in [2.75, 3.05) is 24.7 Å². The lowest BCUT2D eigenvalue weighted by molar-refractivity contribution is -0.142. The molecule has 4 rings (SSSR count). The number of nitrogens with zero attached hydrogens (tertiary/aromatic N) is 4. The molecule has 2 aliphatic rings. The van der Waals surface area contributed by atoms with E-state index in [1.165, 1.54) is 13.0 Å². The Bertz CT molecular complexity index is 1020. The molecule has 1 saturated heterocycles. The molecule has 1 aromatic heterocycles. The van der Waals surface area contributed by atoms with E-state index in [0.29, 0.717) is 31.7 Å². The zero-order chi connectivity index (χ0) is 23.0. The van der Waals surface area contributed by atoms with Crippen molar-refractivity contribution in [2.24, 2.45) is 5.92 Å². The minimum Gasteiger partial charge on any atom is -0.384 e. The van der Waals surface area contributed by atoms with E-state index in [-0.39, 0.29) is 36.3 Å². The second-order valence-corrected chi connectivity index (χ2v) is 7.81. The van der Waals surface area contributed by atoms with E-state index >= 15 is 0 Å². The summed E-state index contributed by atoms with van der Waals surface area (Å²) in [4.78, 5) is 19.8. The van der Waals surface area contributed by atoms with Crippen LogP contribution in [0, 0.1) is 24.5 Å². The number of carbonyl (C=O) groups excluding carboxylic acids is 1. The van der Waals surface area contributed by atoms with Crippen molar-refractivity contribution in [1.29, 1.82) is 0 Å². The highest BCUT2D eigenvalue weighted by atomic mass is 19.4. The Morgan fingerprint density at radius 2 is 1.84 bits per heavy atom. The van der Waals surface area contributed by atoms with E-state index in [1.807, 2.05) is 0 Å². The van der Waals surface area contributed by atoms with Crippen LogP contribution in [0.2, 0.25) is 0 Å². The fraction of sp³-hybridized carbons (Fsp3) is 0.429. The molecule has 32 heavy (non-hydrogen) atoms. The van der Waals surface area contributed by atoms with Gasteiger partial charge in [0.25, 0.3) is 0 Å². The first-order valence-corrected chi connectivity index (χ1v) is 10.1. The molecule has 0 radical (unpaired) electrons. The standard InChI is InChI=1S/C21H21F5N4O2/c1-13-11-18(21(24,25)26)27-29(13)12-19(31)28-8-5-14(6-9-28)17-7-10-30(32-17)20-15(22)3-2-4-16(20)23/h2-4,7,11,14H,5-6,8-10,12H2,1H3. The van der Waals surface area contributed by atoms with Gasteiger partial charge in [-0.05, 0) is 44.0 Å². The van der Waals surface area contributed by atoms with Crippen LogP contribution in [-0.4, -0.2) is 40.2 Å². The van der Waals surface area contributed by atoms with Gasteiger partial charge in [0.05, 0.1) is 6.54 Å². The zero-order valence-corrected chi connectivity index (χ0v) is 17.2. The van der Waals surface area contributed by atoms with Gasteiger partial charge in [0.1, 0.15) is 18.0 Å². The minimum atomic E-state index is -4.56. The molecule has 1 aromatic carbocycles. The molecule has 6 nitrogen and oxygen atoms in total. The number of alkyl halides is 3. The summed E-state index contributed by atoms with van der Waals surface area (Å²) in [5.74, 6) is -1.19. The lowest BCUT2D eigenvalue weighted by atomic mass is 9.94. The highest BCUT2D eigenvalue weighted by Gasteiger charge is 2.35. The van der Waals surface area contributed by atoms with E-state index < -0.39 is 23.5 Å². The van der Waals surface area contributed by atoms with E-state index in [0.717, 1.165) is 27.9 Å². The van der Waals surface area contributed by atoms with Crippen molar-refractivity contribution in [1.82, 2.24) is 14.7 Å². The van der Waals surface area contributed by atoms with Crippen LogP contribution in [0.5, 0.6) is 0 Å². The summed E-state index contributed by atoms with van der Waals surface area (Å²) < 4.78 is 67.5. The molecule has 0 unspecified atom stereocenters. The average Bonchev–Trinajstić information content (AvgIpc) is 3.35. The van der Waals surface area contributed by atoms with Gasteiger partial charge in [0.2, 0.25) is 5.91 Å². The highest BCUT2D eigenvalue weighted by Crippen LogP contribution is 2.34. The smallest absolute Gasteiger partial charge is 0.384 e. The number of piperidine rings is 1. The molecule has 0 aliphatic carbocycles. The third-order valence-corrected chi connectivity index (χ3v) is 5.67. The monoisotopic (exact) mass is 456 g/mol. The van der Waals surface area contributed by atoms with Crippen LogP contribution in [0.4, 0.5) is 27.6 Å². The summed E-state index contributed by atoms with van der Waals surface area (Å²) in [7, 11) is 0. The van der Waals surface area contributed by atoms with Crippen LogP contribution < -0.4 is 5.06 Å². The van der Waals surface area contributed by atoms with Gasteiger partial charge in [0, 0.05) is 24.7 Å². The lowest BCUT2D eigenvalue weighted by Gasteiger charge is -2.32. The maximum Gasteiger partial charge on any atom is 0.435 e. The number of likely N-dealkylation sites (tertiary alicyclic amines) is 1. The molecule has 0 atom stereocenters. The molecule has 0 spiro atoms. The fourth-order valence-corrected chi connectivity index (χ4v) is 3.93. The maximum absolute atomic E-state index is 14.0. The van der Waals surface area contributed by atoms with E-state index in [1.54, 1.807) is 11.0 Å². The van der Waals surface area contributed by atoms with Gasteiger partial charge >= 0.3 is 6.18 Å². The fourth-order valence-electron chi connectivity index (χ4n) is 3.93. The largest absolute Gasteiger partial charge is 0.435 e. The third kappa shape index (κ3) is 4.42. The van der Waals surface area contributed by atoms with Gasteiger partial charge in [0.15, 0.2) is 17.3 Å². The van der Waals surface area contributed by atoms with Crippen LogP contribution >= 0.6 is 0 Å². The van der Waals surface area contributed by atoms with Crippen molar-refractivity contribution in [3.05, 3.63) is 59.1 Å². The molecule has 1 fully saturated rings. The number of amides is 1. The molecular formula is C21H21F5N4O2. The van der Waals surface area contributed by atoms with Gasteiger partial charge in [-0.3, -0.25) is 9.48 Å². The molecule has 0 bridgehead atoms. The van der Waals surface area contributed by atoms with Crippen LogP contribution in [0.25, 0.3) is 0 Å². The summed E-state index contributed by atoms with van der Waals surface area (Å²) in [6.07, 6.45) is -1.67. The molecule has 1 amide bonds. The first-order valence-electron chi connectivity index (χ1n) is 10.1. The molecular weight excluding hydrogens is 435 g/mol. The number of hydroxylamine groups is 1. The van der Waals surface area contributed by atoms with Gasteiger partial charge in [-0.25, -0.2) is 13.8 Å². The van der Waals surface area contributed by atoms with Gasteiger partial charge in [-0.1, -0.05) is 6.07 Å². The number of aromatic nitrogens is 2. The number of hydrogen-bond donors (Lipinski definition) is 0. The Balaban J connectivity index is 1.32. The lowest BCUT2D eigenvalue weighted by Crippen LogP contribution is -2.41. The summed E-state index contributed by atoms with van der Waals surface area (Å²) in [5.41, 5.74) is -1.02. The van der Waals surface area contributed by atoms with Crippen LogP contribution in [0.3, 0.4) is 0 Å².